The molecule has 5 heteroatoms. The van der Waals surface area contributed by atoms with Gasteiger partial charge in [-0.05, 0) is 40.8 Å². The van der Waals surface area contributed by atoms with Crippen LogP contribution in [0.4, 0.5) is 0 Å². The van der Waals surface area contributed by atoms with Crippen LogP contribution in [0.25, 0.3) is 0 Å². The first-order valence-corrected chi connectivity index (χ1v) is 5.72. The Morgan fingerprint density at radius 3 is 3.07 bits per heavy atom. The molecule has 0 spiro atoms. The summed E-state index contributed by atoms with van der Waals surface area (Å²) >= 11 is 3.40. The van der Waals surface area contributed by atoms with Gasteiger partial charge in [-0.15, -0.1) is 5.10 Å². The van der Waals surface area contributed by atoms with Crippen molar-refractivity contribution < 1.29 is 9.47 Å². The molecule has 1 aliphatic heterocycles. The van der Waals surface area contributed by atoms with Gasteiger partial charge in [0.15, 0.2) is 0 Å². The topological polar surface area (TPSA) is 44.2 Å². The molecule has 0 bridgehead atoms. The molecule has 0 aliphatic carbocycles. The zero-order valence-electron chi connectivity index (χ0n) is 8.57. The first-order valence-electron chi connectivity index (χ1n) is 4.93. The van der Waals surface area contributed by atoms with Gasteiger partial charge in [0.05, 0.1) is 17.3 Å². The molecule has 2 heterocycles. The lowest BCUT2D eigenvalue weighted by Crippen LogP contribution is -2.06. The third-order valence-corrected chi connectivity index (χ3v) is 3.05. The fraction of sp³-hybridized carbons (Fsp3) is 0.600. The summed E-state index contributed by atoms with van der Waals surface area (Å²) in [6.45, 7) is 1.71. The molecule has 0 aromatic carbocycles. The van der Waals surface area contributed by atoms with E-state index in [1.165, 1.54) is 0 Å². The molecule has 1 aromatic rings. The lowest BCUT2D eigenvalue weighted by atomic mass is 10.0. The number of rotatable bonds is 3. The summed E-state index contributed by atoms with van der Waals surface area (Å²) in [6.07, 6.45) is 2.04. The van der Waals surface area contributed by atoms with Crippen molar-refractivity contribution in [2.24, 2.45) is 5.92 Å². The van der Waals surface area contributed by atoms with E-state index in [-0.39, 0.29) is 0 Å². The lowest BCUT2D eigenvalue weighted by molar-refractivity contribution is 0.185. The van der Waals surface area contributed by atoms with Gasteiger partial charge in [0, 0.05) is 13.2 Å². The zero-order valence-corrected chi connectivity index (χ0v) is 10.2. The molecular formula is C10H13BrN2O2. The summed E-state index contributed by atoms with van der Waals surface area (Å²) in [4.78, 5) is 0. The number of halogens is 1. The van der Waals surface area contributed by atoms with E-state index in [0.717, 1.165) is 36.2 Å². The van der Waals surface area contributed by atoms with Crippen LogP contribution in [-0.4, -0.2) is 30.5 Å². The second kappa shape index (κ2) is 4.90. The third kappa shape index (κ3) is 2.66. The maximum Gasteiger partial charge on any atom is 0.247 e. The van der Waals surface area contributed by atoms with E-state index < -0.39 is 0 Å². The Kier molecular flexibility index (Phi) is 3.53. The molecule has 2 rings (SSSR count). The van der Waals surface area contributed by atoms with Crippen molar-refractivity contribution in [1.82, 2.24) is 10.2 Å². The average molecular weight is 273 g/mol. The normalized spacial score (nSPS) is 20.5. The molecule has 82 valence electrons. The minimum atomic E-state index is 0.529. The van der Waals surface area contributed by atoms with Gasteiger partial charge in [0.2, 0.25) is 5.88 Å². The van der Waals surface area contributed by atoms with Gasteiger partial charge in [0.1, 0.15) is 0 Å². The Morgan fingerprint density at radius 1 is 1.60 bits per heavy atom. The maximum atomic E-state index is 5.32. The molecule has 4 nitrogen and oxygen atoms in total. The largest absolute Gasteiger partial charge is 0.479 e. The molecule has 0 saturated carbocycles. The highest BCUT2D eigenvalue weighted by atomic mass is 79.9. The summed E-state index contributed by atoms with van der Waals surface area (Å²) < 4.78 is 11.2. The second-order valence-corrected chi connectivity index (χ2v) is 4.48. The van der Waals surface area contributed by atoms with E-state index in [4.69, 9.17) is 9.47 Å². The van der Waals surface area contributed by atoms with Crippen molar-refractivity contribution in [3.8, 4) is 5.88 Å². The van der Waals surface area contributed by atoms with Crippen LogP contribution >= 0.6 is 15.9 Å². The molecule has 1 aliphatic rings. The Morgan fingerprint density at radius 2 is 2.47 bits per heavy atom. The SMILES string of the molecule is COc1nnc(CC2CCOC2)cc1Br. The van der Waals surface area contributed by atoms with E-state index in [1.807, 2.05) is 6.07 Å². The predicted molar refractivity (Wildman–Crippen MR) is 58.9 cm³/mol. The highest BCUT2D eigenvalue weighted by Gasteiger charge is 2.17. The van der Waals surface area contributed by atoms with Crippen molar-refractivity contribution in [3.63, 3.8) is 0 Å². The van der Waals surface area contributed by atoms with E-state index in [2.05, 4.69) is 26.1 Å². The van der Waals surface area contributed by atoms with E-state index in [9.17, 15) is 0 Å². The molecule has 0 amide bonds. The van der Waals surface area contributed by atoms with Crippen LogP contribution in [0.1, 0.15) is 12.1 Å². The van der Waals surface area contributed by atoms with Crippen molar-refractivity contribution >= 4 is 15.9 Å². The maximum absolute atomic E-state index is 5.32. The molecule has 1 fully saturated rings. The highest BCUT2D eigenvalue weighted by molar-refractivity contribution is 9.10. The minimum Gasteiger partial charge on any atom is -0.479 e. The van der Waals surface area contributed by atoms with Crippen molar-refractivity contribution in [2.45, 2.75) is 12.8 Å². The van der Waals surface area contributed by atoms with Crippen LogP contribution in [0.15, 0.2) is 10.5 Å². The van der Waals surface area contributed by atoms with Gasteiger partial charge in [-0.3, -0.25) is 0 Å². The lowest BCUT2D eigenvalue weighted by Gasteiger charge is -2.07. The molecule has 1 saturated heterocycles. The van der Waals surface area contributed by atoms with Crippen LogP contribution in [0, 0.1) is 5.92 Å². The van der Waals surface area contributed by atoms with Gasteiger partial charge in [-0.25, -0.2) is 0 Å². The Balaban J connectivity index is 2.05. The third-order valence-electron chi connectivity index (χ3n) is 2.48. The fourth-order valence-corrected chi connectivity index (χ4v) is 2.18. The number of aromatic nitrogens is 2. The average Bonchev–Trinajstić information content (AvgIpc) is 2.71. The van der Waals surface area contributed by atoms with Gasteiger partial charge in [-0.1, -0.05) is 0 Å². The Labute approximate surface area is 97.1 Å². The van der Waals surface area contributed by atoms with Crippen LogP contribution < -0.4 is 4.74 Å². The van der Waals surface area contributed by atoms with Gasteiger partial charge >= 0.3 is 0 Å². The van der Waals surface area contributed by atoms with E-state index >= 15 is 0 Å². The second-order valence-electron chi connectivity index (χ2n) is 3.63. The monoisotopic (exact) mass is 272 g/mol. The standard InChI is InChI=1S/C10H13BrN2O2/c1-14-10-9(11)5-8(12-13-10)4-7-2-3-15-6-7/h5,7H,2-4,6H2,1H3. The van der Waals surface area contributed by atoms with Crippen LogP contribution in [-0.2, 0) is 11.2 Å². The predicted octanol–water partition coefficient (Wildman–Crippen LogP) is 1.83. The summed E-state index contributed by atoms with van der Waals surface area (Å²) in [5, 5.41) is 8.09. The number of hydrogen-bond donors (Lipinski definition) is 0. The number of methoxy groups -OCH3 is 1. The summed E-state index contributed by atoms with van der Waals surface area (Å²) in [5.74, 6) is 1.11. The summed E-state index contributed by atoms with van der Waals surface area (Å²) in [5.41, 5.74) is 0.984. The molecule has 1 atom stereocenters. The van der Waals surface area contributed by atoms with Crippen LogP contribution in [0.2, 0.25) is 0 Å². The number of hydrogen-bond acceptors (Lipinski definition) is 4. The summed E-state index contributed by atoms with van der Waals surface area (Å²) in [7, 11) is 1.58. The van der Waals surface area contributed by atoms with E-state index in [0.29, 0.717) is 11.8 Å². The quantitative estimate of drug-likeness (QED) is 0.842. The molecular weight excluding hydrogens is 260 g/mol. The van der Waals surface area contributed by atoms with Crippen molar-refractivity contribution in [3.05, 3.63) is 16.2 Å². The van der Waals surface area contributed by atoms with Gasteiger partial charge < -0.3 is 9.47 Å². The van der Waals surface area contributed by atoms with Crippen molar-refractivity contribution in [1.29, 1.82) is 0 Å². The Bertz CT molecular complexity index is 340. The highest BCUT2D eigenvalue weighted by Crippen LogP contribution is 2.23. The van der Waals surface area contributed by atoms with Gasteiger partial charge in [0.25, 0.3) is 0 Å². The first kappa shape index (κ1) is 10.8. The van der Waals surface area contributed by atoms with Crippen LogP contribution in [0.5, 0.6) is 5.88 Å². The zero-order chi connectivity index (χ0) is 10.7. The van der Waals surface area contributed by atoms with E-state index in [1.54, 1.807) is 7.11 Å². The molecule has 15 heavy (non-hydrogen) atoms. The first-order chi connectivity index (χ1) is 7.29. The molecule has 0 radical (unpaired) electrons. The fourth-order valence-electron chi connectivity index (χ4n) is 1.67. The van der Waals surface area contributed by atoms with Gasteiger partial charge in [-0.2, -0.15) is 5.10 Å². The number of nitrogens with zero attached hydrogens (tertiary/aromatic N) is 2. The van der Waals surface area contributed by atoms with Crippen LogP contribution in [0.3, 0.4) is 0 Å². The smallest absolute Gasteiger partial charge is 0.247 e. The molecule has 0 N–H and O–H groups in total. The number of ether oxygens (including phenoxy) is 2. The molecule has 1 unspecified atom stereocenters. The Hall–Kier alpha value is -0.680. The molecule has 1 aromatic heterocycles. The minimum absolute atomic E-state index is 0.529. The summed E-state index contributed by atoms with van der Waals surface area (Å²) in [6, 6.07) is 1.96. The van der Waals surface area contributed by atoms with Crippen molar-refractivity contribution in [2.75, 3.05) is 20.3 Å².